The van der Waals surface area contributed by atoms with Gasteiger partial charge in [-0.15, -0.1) is 11.3 Å². The predicted octanol–water partition coefficient (Wildman–Crippen LogP) is 4.93. The molecule has 1 aliphatic heterocycles. The standard InChI is InChI=1S/C23H24F2N2O3S/c1-10-12-7-8-23(3)9-15-18(11(2)17(23)19(12)30-21(10)29)26-22(31-15)27-20(28)16-13(24)5-4-6-14(16)25/h4-6,10-12,17,19H,7-9H2,1-3H3,(H,26,27,28). The number of benzene rings is 1. The number of esters is 1. The minimum absolute atomic E-state index is 0.0244. The fourth-order valence-electron chi connectivity index (χ4n) is 6.01. The molecule has 2 aliphatic carbocycles. The molecule has 1 aromatic heterocycles. The molecule has 0 radical (unpaired) electrons. The lowest BCUT2D eigenvalue weighted by atomic mass is 9.54. The van der Waals surface area contributed by atoms with Gasteiger partial charge in [0.05, 0.1) is 11.6 Å². The van der Waals surface area contributed by atoms with Gasteiger partial charge in [-0.1, -0.05) is 26.8 Å². The van der Waals surface area contributed by atoms with Gasteiger partial charge in [-0.3, -0.25) is 14.9 Å². The van der Waals surface area contributed by atoms with Gasteiger partial charge in [0.1, 0.15) is 23.3 Å². The van der Waals surface area contributed by atoms with E-state index < -0.39 is 23.1 Å². The molecule has 31 heavy (non-hydrogen) atoms. The summed E-state index contributed by atoms with van der Waals surface area (Å²) in [4.78, 5) is 30.5. The fourth-order valence-corrected chi connectivity index (χ4v) is 7.27. The summed E-state index contributed by atoms with van der Waals surface area (Å²) in [7, 11) is 0. The molecule has 1 amide bonds. The molecule has 1 saturated heterocycles. The third-order valence-corrected chi connectivity index (χ3v) is 8.55. The van der Waals surface area contributed by atoms with E-state index in [1.807, 2.05) is 6.92 Å². The Balaban J connectivity index is 1.44. The van der Waals surface area contributed by atoms with Gasteiger partial charge < -0.3 is 4.74 Å². The van der Waals surface area contributed by atoms with Crippen molar-refractivity contribution in [2.24, 2.45) is 23.2 Å². The molecule has 1 aromatic carbocycles. The summed E-state index contributed by atoms with van der Waals surface area (Å²) in [6.07, 6.45) is 2.64. The van der Waals surface area contributed by atoms with Gasteiger partial charge in [0.15, 0.2) is 5.13 Å². The quantitative estimate of drug-likeness (QED) is 0.665. The second-order valence-electron chi connectivity index (χ2n) is 9.42. The van der Waals surface area contributed by atoms with E-state index in [2.05, 4.69) is 24.1 Å². The van der Waals surface area contributed by atoms with E-state index in [-0.39, 0.29) is 41.2 Å². The van der Waals surface area contributed by atoms with Crippen molar-refractivity contribution in [2.75, 3.05) is 5.32 Å². The van der Waals surface area contributed by atoms with Crippen molar-refractivity contribution in [3.8, 4) is 0 Å². The monoisotopic (exact) mass is 446 g/mol. The predicted molar refractivity (Wildman–Crippen MR) is 112 cm³/mol. The molecule has 1 saturated carbocycles. The van der Waals surface area contributed by atoms with Crippen LogP contribution in [0.1, 0.15) is 60.5 Å². The Morgan fingerprint density at radius 1 is 1.26 bits per heavy atom. The van der Waals surface area contributed by atoms with Crippen LogP contribution < -0.4 is 5.32 Å². The smallest absolute Gasteiger partial charge is 0.309 e. The van der Waals surface area contributed by atoms with E-state index in [1.54, 1.807) is 0 Å². The second-order valence-corrected chi connectivity index (χ2v) is 10.5. The minimum Gasteiger partial charge on any atom is -0.461 e. The van der Waals surface area contributed by atoms with Crippen molar-refractivity contribution in [2.45, 2.75) is 52.1 Å². The highest BCUT2D eigenvalue weighted by Gasteiger charge is 2.58. The Kier molecular flexibility index (Phi) is 4.70. The van der Waals surface area contributed by atoms with Crippen molar-refractivity contribution >= 4 is 28.3 Å². The number of carbonyl (C=O) groups is 2. The van der Waals surface area contributed by atoms with E-state index in [4.69, 9.17) is 4.74 Å². The van der Waals surface area contributed by atoms with Crippen molar-refractivity contribution in [1.29, 1.82) is 0 Å². The van der Waals surface area contributed by atoms with Crippen LogP contribution in [0.3, 0.4) is 0 Å². The van der Waals surface area contributed by atoms with Gasteiger partial charge in [-0.05, 0) is 36.8 Å². The van der Waals surface area contributed by atoms with Crippen LogP contribution in [0.2, 0.25) is 0 Å². The van der Waals surface area contributed by atoms with Crippen LogP contribution in [0, 0.1) is 34.8 Å². The van der Waals surface area contributed by atoms with Crippen molar-refractivity contribution in [3.63, 3.8) is 0 Å². The molecule has 5 rings (SSSR count). The summed E-state index contributed by atoms with van der Waals surface area (Å²) < 4.78 is 33.8. The Morgan fingerprint density at radius 2 is 1.97 bits per heavy atom. The zero-order valence-electron chi connectivity index (χ0n) is 17.6. The van der Waals surface area contributed by atoms with Crippen LogP contribution in [0.4, 0.5) is 13.9 Å². The number of hydrogen-bond acceptors (Lipinski definition) is 5. The van der Waals surface area contributed by atoms with Gasteiger partial charge in [-0.2, -0.15) is 0 Å². The molecule has 5 nitrogen and oxygen atoms in total. The van der Waals surface area contributed by atoms with Gasteiger partial charge in [0, 0.05) is 22.6 Å². The zero-order chi connectivity index (χ0) is 22.1. The normalized spacial score (nSPS) is 33.8. The number of amides is 1. The number of aromatic nitrogens is 1. The van der Waals surface area contributed by atoms with Crippen molar-refractivity contribution in [1.82, 2.24) is 4.98 Å². The summed E-state index contributed by atoms with van der Waals surface area (Å²) in [5.74, 6) is -2.43. The van der Waals surface area contributed by atoms with Crippen LogP contribution in [-0.2, 0) is 16.0 Å². The first-order valence-corrected chi connectivity index (χ1v) is 11.5. The maximum absolute atomic E-state index is 14.0. The number of thiazole rings is 1. The number of hydrogen-bond donors (Lipinski definition) is 1. The first-order chi connectivity index (χ1) is 14.7. The lowest BCUT2D eigenvalue weighted by molar-refractivity contribution is -0.149. The first kappa shape index (κ1) is 20.5. The van der Waals surface area contributed by atoms with Crippen LogP contribution in [0.25, 0.3) is 0 Å². The van der Waals surface area contributed by atoms with Gasteiger partial charge >= 0.3 is 5.97 Å². The zero-order valence-corrected chi connectivity index (χ0v) is 18.4. The van der Waals surface area contributed by atoms with Crippen LogP contribution in [0.15, 0.2) is 18.2 Å². The van der Waals surface area contributed by atoms with E-state index >= 15 is 0 Å². The second kappa shape index (κ2) is 7.08. The molecule has 6 atom stereocenters. The molecule has 0 bridgehead atoms. The Morgan fingerprint density at radius 3 is 2.68 bits per heavy atom. The molecule has 2 heterocycles. The summed E-state index contributed by atoms with van der Waals surface area (Å²) in [6, 6.07) is 3.33. The molecular formula is C23H24F2N2O3S. The van der Waals surface area contributed by atoms with Crippen LogP contribution in [-0.4, -0.2) is 23.0 Å². The molecule has 6 unspecified atom stereocenters. The first-order valence-electron chi connectivity index (χ1n) is 10.6. The van der Waals surface area contributed by atoms with Crippen molar-refractivity contribution < 1.29 is 23.1 Å². The molecule has 2 aromatic rings. The average molecular weight is 447 g/mol. The number of rotatable bonds is 2. The van der Waals surface area contributed by atoms with E-state index in [0.717, 1.165) is 42.0 Å². The van der Waals surface area contributed by atoms with Crippen LogP contribution >= 0.6 is 11.3 Å². The molecule has 8 heteroatoms. The third-order valence-electron chi connectivity index (χ3n) is 7.57. The fraction of sp³-hybridized carbons (Fsp3) is 0.522. The summed E-state index contributed by atoms with van der Waals surface area (Å²) in [5, 5.41) is 2.91. The number of ether oxygens (including phenoxy) is 1. The molecule has 1 N–H and O–H groups in total. The summed E-state index contributed by atoms with van der Waals surface area (Å²) in [5.41, 5.74) is 0.246. The average Bonchev–Trinajstić information content (AvgIpc) is 3.21. The topological polar surface area (TPSA) is 68.3 Å². The Bertz CT molecular complexity index is 1070. The Labute approximate surface area is 183 Å². The SMILES string of the molecule is CC1C(=O)OC2C1CCC1(C)Cc3sc(NC(=O)c4c(F)cccc4F)nc3C(C)C21. The van der Waals surface area contributed by atoms with E-state index in [9.17, 15) is 18.4 Å². The molecule has 3 aliphatic rings. The molecule has 0 spiro atoms. The highest BCUT2D eigenvalue weighted by Crippen LogP contribution is 2.59. The number of fused-ring (bicyclic) bond motifs is 4. The maximum atomic E-state index is 14.0. The molecular weight excluding hydrogens is 422 g/mol. The maximum Gasteiger partial charge on any atom is 0.309 e. The third kappa shape index (κ3) is 3.10. The largest absolute Gasteiger partial charge is 0.461 e. The minimum atomic E-state index is -0.908. The van der Waals surface area contributed by atoms with Gasteiger partial charge in [0.25, 0.3) is 5.91 Å². The highest BCUT2D eigenvalue weighted by molar-refractivity contribution is 7.15. The number of halogens is 2. The molecule has 164 valence electrons. The van der Waals surface area contributed by atoms with Crippen LogP contribution in [0.5, 0.6) is 0 Å². The highest BCUT2D eigenvalue weighted by atomic mass is 32.1. The van der Waals surface area contributed by atoms with Gasteiger partial charge in [-0.25, -0.2) is 13.8 Å². The van der Waals surface area contributed by atoms with E-state index in [0.29, 0.717) is 5.13 Å². The van der Waals surface area contributed by atoms with Gasteiger partial charge in [0.2, 0.25) is 0 Å². The van der Waals surface area contributed by atoms with E-state index in [1.165, 1.54) is 17.4 Å². The summed E-state index contributed by atoms with van der Waals surface area (Å²) >= 11 is 1.36. The van der Waals surface area contributed by atoms with Crippen molar-refractivity contribution in [3.05, 3.63) is 46.0 Å². The number of carbonyl (C=O) groups excluding carboxylic acids is 2. The lowest BCUT2D eigenvalue weighted by Crippen LogP contribution is -2.50. The number of nitrogens with one attached hydrogen (secondary N) is 1. The summed E-state index contributed by atoms with van der Waals surface area (Å²) in [6.45, 7) is 6.30. The molecule has 2 fully saturated rings. The Hall–Kier alpha value is -2.35. The number of anilines is 1. The lowest BCUT2D eigenvalue weighted by Gasteiger charge is -2.51. The number of nitrogens with zero attached hydrogens (tertiary/aromatic N) is 1.